The predicted molar refractivity (Wildman–Crippen MR) is 87.4 cm³/mol. The van der Waals surface area contributed by atoms with Crippen LogP contribution >= 0.6 is 0 Å². The van der Waals surface area contributed by atoms with Gasteiger partial charge in [-0.25, -0.2) is 10.6 Å². The molecule has 3 aromatic rings. The predicted octanol–water partition coefficient (Wildman–Crippen LogP) is 1.42. The summed E-state index contributed by atoms with van der Waals surface area (Å²) in [7, 11) is 0. The van der Waals surface area contributed by atoms with E-state index in [-0.39, 0.29) is 5.95 Å². The summed E-state index contributed by atoms with van der Waals surface area (Å²) in [6.07, 6.45) is 1.65. The summed E-state index contributed by atoms with van der Waals surface area (Å²) < 4.78 is 0. The molecule has 0 unspecified atom stereocenters. The third-order valence-electron chi connectivity index (χ3n) is 3.33. The maximum absolute atomic E-state index is 11.8. The van der Waals surface area contributed by atoms with Crippen LogP contribution in [0.4, 0.5) is 5.95 Å². The van der Waals surface area contributed by atoms with Gasteiger partial charge in [0.25, 0.3) is 0 Å². The Bertz CT molecular complexity index is 862. The number of rotatable bonds is 4. The van der Waals surface area contributed by atoms with Gasteiger partial charge in [-0.3, -0.25) is 15.0 Å². The molecule has 0 aliphatic carbocycles. The number of H-pyrrole nitrogens is 1. The number of aromatic nitrogens is 4. The highest BCUT2D eigenvalue weighted by atomic mass is 16.1. The standard InChI is InChI=1S/C16H16N6O/c1-11-6-5-9-18-13(11)14-19-15(21-16(23)20-14)22(17)10-12-7-3-2-4-8-12/h2-9H,10,17H2,1H3,(H,19,20,21,23). The summed E-state index contributed by atoms with van der Waals surface area (Å²) in [5, 5.41) is 1.34. The lowest BCUT2D eigenvalue weighted by atomic mass is 10.2. The summed E-state index contributed by atoms with van der Waals surface area (Å²) in [5.41, 5.74) is 1.98. The smallest absolute Gasteiger partial charge is 0.288 e. The zero-order valence-corrected chi connectivity index (χ0v) is 12.6. The summed E-state index contributed by atoms with van der Waals surface area (Å²) in [5.74, 6) is 6.52. The number of pyridine rings is 1. The van der Waals surface area contributed by atoms with Gasteiger partial charge in [0.05, 0.1) is 6.54 Å². The molecular weight excluding hydrogens is 292 g/mol. The topological polar surface area (TPSA) is 101 Å². The number of nitrogens with two attached hydrogens (primary N) is 1. The van der Waals surface area contributed by atoms with Crippen LogP contribution < -0.4 is 16.5 Å². The highest BCUT2D eigenvalue weighted by Gasteiger charge is 2.12. The Hall–Kier alpha value is -3.06. The highest BCUT2D eigenvalue weighted by molar-refractivity contribution is 5.55. The van der Waals surface area contributed by atoms with Crippen molar-refractivity contribution in [1.29, 1.82) is 0 Å². The fraction of sp³-hybridized carbons (Fsp3) is 0.125. The first-order valence-electron chi connectivity index (χ1n) is 7.10. The molecule has 0 spiro atoms. The fourth-order valence-electron chi connectivity index (χ4n) is 2.20. The molecule has 1 aromatic carbocycles. The molecular formula is C16H16N6O. The van der Waals surface area contributed by atoms with Crippen molar-refractivity contribution in [3.05, 3.63) is 70.3 Å². The first kappa shape index (κ1) is 14.9. The van der Waals surface area contributed by atoms with Crippen molar-refractivity contribution >= 4 is 5.95 Å². The van der Waals surface area contributed by atoms with Crippen molar-refractivity contribution in [3.63, 3.8) is 0 Å². The van der Waals surface area contributed by atoms with Gasteiger partial charge in [-0.05, 0) is 24.1 Å². The second-order valence-electron chi connectivity index (χ2n) is 5.08. The lowest BCUT2D eigenvalue weighted by Crippen LogP contribution is -2.34. The molecule has 3 rings (SSSR count). The number of anilines is 1. The average Bonchev–Trinajstić information content (AvgIpc) is 2.55. The van der Waals surface area contributed by atoms with Crippen LogP contribution in [0.25, 0.3) is 11.5 Å². The third kappa shape index (κ3) is 3.41. The molecule has 0 bridgehead atoms. The molecule has 2 aromatic heterocycles. The molecule has 116 valence electrons. The minimum atomic E-state index is -0.515. The van der Waals surface area contributed by atoms with E-state index >= 15 is 0 Å². The number of nitrogens with zero attached hydrogens (tertiary/aromatic N) is 4. The minimum Gasteiger partial charge on any atom is -0.288 e. The van der Waals surface area contributed by atoms with Gasteiger partial charge in [-0.15, -0.1) is 0 Å². The van der Waals surface area contributed by atoms with Crippen molar-refractivity contribution in [2.45, 2.75) is 13.5 Å². The summed E-state index contributed by atoms with van der Waals surface area (Å²) in [4.78, 5) is 26.9. The monoisotopic (exact) mass is 308 g/mol. The van der Waals surface area contributed by atoms with Crippen LogP contribution in [0, 0.1) is 6.92 Å². The van der Waals surface area contributed by atoms with Crippen molar-refractivity contribution < 1.29 is 0 Å². The van der Waals surface area contributed by atoms with Gasteiger partial charge in [0.1, 0.15) is 5.69 Å². The molecule has 3 N–H and O–H groups in total. The van der Waals surface area contributed by atoms with Gasteiger partial charge in [-0.1, -0.05) is 36.4 Å². The van der Waals surface area contributed by atoms with Gasteiger partial charge < -0.3 is 0 Å². The van der Waals surface area contributed by atoms with Gasteiger partial charge in [0.15, 0.2) is 5.82 Å². The summed E-state index contributed by atoms with van der Waals surface area (Å²) in [6, 6.07) is 13.4. The van der Waals surface area contributed by atoms with E-state index in [1.165, 1.54) is 5.01 Å². The van der Waals surface area contributed by atoms with Crippen LogP contribution in [0.3, 0.4) is 0 Å². The van der Waals surface area contributed by atoms with E-state index < -0.39 is 5.69 Å². The zero-order chi connectivity index (χ0) is 16.2. The molecule has 0 atom stereocenters. The number of hydrogen-bond donors (Lipinski definition) is 2. The van der Waals surface area contributed by atoms with Crippen molar-refractivity contribution in [2.24, 2.45) is 5.84 Å². The van der Waals surface area contributed by atoms with E-state index in [4.69, 9.17) is 5.84 Å². The zero-order valence-electron chi connectivity index (χ0n) is 12.6. The Kier molecular flexibility index (Phi) is 4.11. The molecule has 2 heterocycles. The van der Waals surface area contributed by atoms with E-state index in [0.717, 1.165) is 11.1 Å². The number of nitrogens with one attached hydrogen (secondary N) is 1. The number of hydrazine groups is 1. The molecule has 0 amide bonds. The normalized spacial score (nSPS) is 10.5. The lowest BCUT2D eigenvalue weighted by Gasteiger charge is -2.16. The van der Waals surface area contributed by atoms with Gasteiger partial charge in [0, 0.05) is 6.20 Å². The second kappa shape index (κ2) is 6.37. The van der Waals surface area contributed by atoms with Crippen molar-refractivity contribution in [1.82, 2.24) is 19.9 Å². The van der Waals surface area contributed by atoms with Crippen LogP contribution in [0.2, 0.25) is 0 Å². The van der Waals surface area contributed by atoms with Crippen LogP contribution in [0.1, 0.15) is 11.1 Å². The molecule has 7 heteroatoms. The quantitative estimate of drug-likeness (QED) is 0.558. The molecule has 0 fully saturated rings. The van der Waals surface area contributed by atoms with Crippen molar-refractivity contribution in [3.8, 4) is 11.5 Å². The van der Waals surface area contributed by atoms with Gasteiger partial charge in [0.2, 0.25) is 5.95 Å². The third-order valence-corrected chi connectivity index (χ3v) is 3.33. The maximum atomic E-state index is 11.8. The molecule has 7 nitrogen and oxygen atoms in total. The summed E-state index contributed by atoms with van der Waals surface area (Å²) >= 11 is 0. The summed E-state index contributed by atoms with van der Waals surface area (Å²) in [6.45, 7) is 2.29. The first-order valence-corrected chi connectivity index (χ1v) is 7.10. The van der Waals surface area contributed by atoms with E-state index in [2.05, 4.69) is 19.9 Å². The second-order valence-corrected chi connectivity index (χ2v) is 5.08. The molecule has 0 aliphatic heterocycles. The van der Waals surface area contributed by atoms with Crippen LogP contribution in [-0.4, -0.2) is 19.9 Å². The number of aromatic amines is 1. The SMILES string of the molecule is Cc1cccnc1-c1nc(N(N)Cc2ccccc2)nc(=O)[nH]1. The Morgan fingerprint density at radius 2 is 1.91 bits per heavy atom. The average molecular weight is 308 g/mol. The first-order chi connectivity index (χ1) is 11.1. The number of benzene rings is 1. The molecule has 0 radical (unpaired) electrons. The van der Waals surface area contributed by atoms with E-state index in [0.29, 0.717) is 18.1 Å². The number of hydrogen-bond acceptors (Lipinski definition) is 6. The Labute approximate surface area is 132 Å². The maximum Gasteiger partial charge on any atom is 0.349 e. The minimum absolute atomic E-state index is 0.151. The largest absolute Gasteiger partial charge is 0.349 e. The van der Waals surface area contributed by atoms with Crippen molar-refractivity contribution in [2.75, 3.05) is 5.01 Å². The Morgan fingerprint density at radius 1 is 1.13 bits per heavy atom. The fourth-order valence-corrected chi connectivity index (χ4v) is 2.20. The van der Waals surface area contributed by atoms with Crippen LogP contribution in [0.5, 0.6) is 0 Å². The number of aryl methyl sites for hydroxylation is 1. The van der Waals surface area contributed by atoms with Gasteiger partial charge in [-0.2, -0.15) is 9.97 Å². The molecule has 23 heavy (non-hydrogen) atoms. The van der Waals surface area contributed by atoms with Crippen LogP contribution in [0.15, 0.2) is 53.5 Å². The molecule has 0 aliphatic rings. The van der Waals surface area contributed by atoms with E-state index in [1.54, 1.807) is 6.20 Å². The lowest BCUT2D eigenvalue weighted by molar-refractivity contribution is 0.790. The molecule has 0 saturated heterocycles. The van der Waals surface area contributed by atoms with E-state index in [1.807, 2.05) is 49.4 Å². The molecule has 0 saturated carbocycles. The van der Waals surface area contributed by atoms with Gasteiger partial charge >= 0.3 is 5.69 Å². The van der Waals surface area contributed by atoms with Crippen LogP contribution in [-0.2, 0) is 6.54 Å². The highest BCUT2D eigenvalue weighted by Crippen LogP contribution is 2.16. The van der Waals surface area contributed by atoms with E-state index in [9.17, 15) is 4.79 Å². The Balaban J connectivity index is 1.95. The Morgan fingerprint density at radius 3 is 2.65 bits per heavy atom.